The second-order valence-corrected chi connectivity index (χ2v) is 3.96. The van der Waals surface area contributed by atoms with Crippen molar-refractivity contribution in [2.24, 2.45) is 0 Å². The maximum atomic E-state index is 13.5. The van der Waals surface area contributed by atoms with Crippen LogP contribution in [0.1, 0.15) is 0 Å². The molecule has 3 nitrogen and oxygen atoms in total. The van der Waals surface area contributed by atoms with Crippen molar-refractivity contribution in [1.29, 1.82) is 0 Å². The van der Waals surface area contributed by atoms with Crippen LogP contribution >= 0.6 is 0 Å². The largest absolute Gasteiger partial charge is 0.503 e. The van der Waals surface area contributed by atoms with Gasteiger partial charge in [0.15, 0.2) is 52.1 Å². The second kappa shape index (κ2) is 7.25. The summed E-state index contributed by atoms with van der Waals surface area (Å²) in [6, 6.07) is 0. The first-order valence-electron chi connectivity index (χ1n) is 5.21. The molecule has 2 aromatic rings. The van der Waals surface area contributed by atoms with Crippen molar-refractivity contribution in [2.45, 2.75) is 0 Å². The monoisotopic (exact) mass is 378 g/mol. The Kier molecular flexibility index (Phi) is 6.64. The third-order valence-corrected chi connectivity index (χ3v) is 2.73. The van der Waals surface area contributed by atoms with Crippen LogP contribution in [0.5, 0.6) is 11.5 Å². The van der Waals surface area contributed by atoms with Gasteiger partial charge in [0.1, 0.15) is 0 Å². The van der Waals surface area contributed by atoms with Crippen LogP contribution in [-0.2, 0) is 0 Å². The molecular weight excluding hydrogens is 371 g/mol. The Labute approximate surface area is 138 Å². The summed E-state index contributed by atoms with van der Waals surface area (Å²) in [5, 5.41) is 17.5. The molecule has 0 radical (unpaired) electrons. The van der Waals surface area contributed by atoms with Gasteiger partial charge in [-0.1, -0.05) is 0 Å². The summed E-state index contributed by atoms with van der Waals surface area (Å²) in [6.45, 7) is 0. The summed E-state index contributed by atoms with van der Waals surface area (Å²) in [5.41, 5.74) is -4.25. The SMILES string of the molecule is O.Oc1c(F)c(F)c(-c2c(F)c(F)c(O)c(F)c2F)c(F)c1F.[AlH3]. The molecule has 0 aliphatic rings. The third kappa shape index (κ3) is 2.88. The molecule has 0 aromatic heterocycles. The molecule has 0 fully saturated rings. The van der Waals surface area contributed by atoms with Crippen LogP contribution in [-0.4, -0.2) is 33.1 Å². The van der Waals surface area contributed by atoms with Crippen molar-refractivity contribution < 1.29 is 50.8 Å². The van der Waals surface area contributed by atoms with Crippen LogP contribution in [0.4, 0.5) is 35.1 Å². The first-order chi connectivity index (χ1) is 10.1. The van der Waals surface area contributed by atoms with E-state index in [1.54, 1.807) is 0 Å². The van der Waals surface area contributed by atoms with Gasteiger partial charge in [-0.2, -0.15) is 17.6 Å². The van der Waals surface area contributed by atoms with Gasteiger partial charge >= 0.3 is 0 Å². The Bertz CT molecular complexity index is 686. The van der Waals surface area contributed by atoms with E-state index in [9.17, 15) is 35.1 Å². The zero-order valence-electron chi connectivity index (χ0n) is 10.4. The topological polar surface area (TPSA) is 72.0 Å². The lowest BCUT2D eigenvalue weighted by Crippen LogP contribution is -2.06. The van der Waals surface area contributed by atoms with Crippen molar-refractivity contribution in [3.63, 3.8) is 0 Å². The lowest BCUT2D eigenvalue weighted by Gasteiger charge is -2.12. The van der Waals surface area contributed by atoms with Crippen molar-refractivity contribution in [3.8, 4) is 22.6 Å². The van der Waals surface area contributed by atoms with Crippen LogP contribution in [0, 0.1) is 46.5 Å². The average Bonchev–Trinajstić information content (AvgIpc) is 2.50. The van der Waals surface area contributed by atoms with E-state index in [4.69, 9.17) is 10.2 Å². The van der Waals surface area contributed by atoms with E-state index < -0.39 is 69.2 Å². The van der Waals surface area contributed by atoms with Crippen molar-refractivity contribution in [3.05, 3.63) is 46.5 Å². The minimum Gasteiger partial charge on any atom is -0.503 e. The zero-order chi connectivity index (χ0) is 16.9. The molecule has 2 rings (SSSR count). The molecule has 0 heterocycles. The van der Waals surface area contributed by atoms with E-state index in [0.717, 1.165) is 0 Å². The molecule has 2 aromatic carbocycles. The van der Waals surface area contributed by atoms with Gasteiger partial charge in [-0.05, 0) is 0 Å². The lowest BCUT2D eigenvalue weighted by atomic mass is 10.0. The van der Waals surface area contributed by atoms with Crippen molar-refractivity contribution >= 4 is 17.4 Å². The highest BCUT2D eigenvalue weighted by atomic mass is 27.0. The fraction of sp³-hybridized carbons (Fsp3) is 0. The Balaban J connectivity index is 0.00000264. The normalized spacial score (nSPS) is 10.2. The van der Waals surface area contributed by atoms with Crippen molar-refractivity contribution in [1.82, 2.24) is 0 Å². The number of hydrogen-bond acceptors (Lipinski definition) is 2. The number of phenols is 2. The van der Waals surface area contributed by atoms with Gasteiger partial charge in [-0.25, -0.2) is 17.6 Å². The zero-order valence-corrected chi connectivity index (χ0v) is 10.4. The minimum absolute atomic E-state index is 0. The molecule has 0 saturated heterocycles. The van der Waals surface area contributed by atoms with Gasteiger partial charge in [0.25, 0.3) is 0 Å². The Morgan fingerprint density at radius 3 is 0.750 bits per heavy atom. The molecule has 0 spiro atoms. The molecule has 4 N–H and O–H groups in total. The minimum atomic E-state index is -2.49. The third-order valence-electron chi connectivity index (χ3n) is 2.73. The predicted molar refractivity (Wildman–Crippen MR) is 68.4 cm³/mol. The summed E-state index contributed by atoms with van der Waals surface area (Å²) in [6.07, 6.45) is 0. The number of hydrogen-bond donors (Lipinski definition) is 2. The standard InChI is InChI=1S/C12H2F8O2.Al.H2O.3H/c13-3-1(4(14)8(18)11(21)7(3)17)2-5(15)9(19)12(22)10(20)6(2)16;;;;;/h21-22H;;1H2;;;. The van der Waals surface area contributed by atoms with Crippen LogP contribution in [0.2, 0.25) is 0 Å². The van der Waals surface area contributed by atoms with Gasteiger partial charge in [0.2, 0.25) is 23.3 Å². The lowest BCUT2D eigenvalue weighted by molar-refractivity contribution is 0.351. The van der Waals surface area contributed by atoms with Crippen LogP contribution in [0.15, 0.2) is 0 Å². The molecular formula is C12H7AlF8O3. The fourth-order valence-electron chi connectivity index (χ4n) is 1.68. The molecule has 12 heteroatoms. The highest BCUT2D eigenvalue weighted by Crippen LogP contribution is 2.40. The van der Waals surface area contributed by atoms with Gasteiger partial charge in [0.05, 0.1) is 11.1 Å². The summed E-state index contributed by atoms with van der Waals surface area (Å²) in [7, 11) is 0. The van der Waals surface area contributed by atoms with E-state index in [2.05, 4.69) is 0 Å². The summed E-state index contributed by atoms with van der Waals surface area (Å²) in [4.78, 5) is 0. The predicted octanol–water partition coefficient (Wildman–Crippen LogP) is 1.87. The average molecular weight is 378 g/mol. The molecule has 0 bridgehead atoms. The molecule has 0 aliphatic heterocycles. The number of phenolic OH excluding ortho intramolecular Hbond substituents is 2. The van der Waals surface area contributed by atoms with Crippen molar-refractivity contribution in [2.75, 3.05) is 0 Å². The molecule has 0 aliphatic carbocycles. The Hall–Kier alpha value is -2.03. The maximum absolute atomic E-state index is 13.5. The van der Waals surface area contributed by atoms with Gasteiger partial charge in [-0.3, -0.25) is 0 Å². The molecule has 132 valence electrons. The quantitative estimate of drug-likeness (QED) is 0.452. The number of aromatic hydroxyl groups is 2. The van der Waals surface area contributed by atoms with E-state index in [1.165, 1.54) is 0 Å². The van der Waals surface area contributed by atoms with Gasteiger partial charge in [-0.15, -0.1) is 0 Å². The first kappa shape index (κ1) is 22.0. The molecule has 0 unspecified atom stereocenters. The van der Waals surface area contributed by atoms with Crippen LogP contribution in [0.3, 0.4) is 0 Å². The molecule has 0 saturated carbocycles. The summed E-state index contributed by atoms with van der Waals surface area (Å²) < 4.78 is 107. The highest BCUT2D eigenvalue weighted by molar-refractivity contribution is 5.75. The van der Waals surface area contributed by atoms with Gasteiger partial charge in [0, 0.05) is 0 Å². The van der Waals surface area contributed by atoms with Gasteiger partial charge < -0.3 is 15.7 Å². The Morgan fingerprint density at radius 2 is 0.583 bits per heavy atom. The van der Waals surface area contributed by atoms with E-state index in [0.29, 0.717) is 0 Å². The highest BCUT2D eigenvalue weighted by Gasteiger charge is 2.34. The fourth-order valence-corrected chi connectivity index (χ4v) is 1.68. The Morgan fingerprint density at radius 1 is 0.417 bits per heavy atom. The number of benzene rings is 2. The van der Waals surface area contributed by atoms with E-state index in [-0.39, 0.29) is 22.8 Å². The molecule has 0 amide bonds. The smallest absolute Gasteiger partial charge is 0.204 e. The van der Waals surface area contributed by atoms with Crippen LogP contribution in [0.25, 0.3) is 11.1 Å². The summed E-state index contributed by atoms with van der Waals surface area (Å²) in [5.74, 6) is -23.9. The number of rotatable bonds is 1. The molecule has 0 atom stereocenters. The number of halogens is 8. The van der Waals surface area contributed by atoms with E-state index in [1.807, 2.05) is 0 Å². The second-order valence-electron chi connectivity index (χ2n) is 3.96. The van der Waals surface area contributed by atoms with E-state index >= 15 is 0 Å². The molecule has 24 heavy (non-hydrogen) atoms. The van der Waals surface area contributed by atoms with Crippen LogP contribution < -0.4 is 0 Å². The first-order valence-corrected chi connectivity index (χ1v) is 5.21. The summed E-state index contributed by atoms with van der Waals surface area (Å²) >= 11 is 0. The maximum Gasteiger partial charge on any atom is 0.204 e.